The van der Waals surface area contributed by atoms with Gasteiger partial charge in [-0.15, -0.1) is 0 Å². The maximum Gasteiger partial charge on any atom is 0.241 e. The summed E-state index contributed by atoms with van der Waals surface area (Å²) in [6, 6.07) is 6.53. The summed E-state index contributed by atoms with van der Waals surface area (Å²) in [5, 5.41) is 3.53. The lowest BCUT2D eigenvalue weighted by molar-refractivity contribution is 0.345. The van der Waals surface area contributed by atoms with Crippen LogP contribution in [-0.4, -0.2) is 26.5 Å². The summed E-state index contributed by atoms with van der Waals surface area (Å²) in [7, 11) is -3.40. The van der Waals surface area contributed by atoms with E-state index >= 15 is 0 Å². The van der Waals surface area contributed by atoms with Crippen molar-refractivity contribution in [2.45, 2.75) is 62.6 Å². The molecule has 2 bridgehead atoms. The van der Waals surface area contributed by atoms with Crippen LogP contribution in [0.15, 0.2) is 23.1 Å². The van der Waals surface area contributed by atoms with E-state index in [1.165, 1.54) is 12.8 Å². The minimum absolute atomic E-state index is 0.0689. The molecule has 2 N–H and O–H groups in total. The van der Waals surface area contributed by atoms with E-state index in [4.69, 9.17) is 0 Å². The first kappa shape index (κ1) is 14.0. The summed E-state index contributed by atoms with van der Waals surface area (Å²) >= 11 is 0. The van der Waals surface area contributed by atoms with E-state index in [1.54, 1.807) is 6.07 Å². The first-order valence-electron chi connectivity index (χ1n) is 7.30. The monoisotopic (exact) mass is 294 g/mol. The van der Waals surface area contributed by atoms with Gasteiger partial charge in [-0.25, -0.2) is 13.1 Å². The summed E-state index contributed by atoms with van der Waals surface area (Å²) in [6.45, 7) is 3.83. The molecule has 0 aliphatic carbocycles. The van der Waals surface area contributed by atoms with E-state index in [9.17, 15) is 8.42 Å². The van der Waals surface area contributed by atoms with Crippen molar-refractivity contribution >= 4 is 10.0 Å². The zero-order valence-electron chi connectivity index (χ0n) is 12.0. The van der Waals surface area contributed by atoms with Crippen molar-refractivity contribution in [2.24, 2.45) is 0 Å². The van der Waals surface area contributed by atoms with Crippen molar-refractivity contribution in [3.05, 3.63) is 29.3 Å². The molecule has 2 unspecified atom stereocenters. The number of benzene rings is 1. The van der Waals surface area contributed by atoms with Gasteiger partial charge in [0.2, 0.25) is 10.0 Å². The van der Waals surface area contributed by atoms with Crippen LogP contribution in [0.3, 0.4) is 0 Å². The Bertz CT molecular complexity index is 600. The zero-order chi connectivity index (χ0) is 14.3. The third kappa shape index (κ3) is 2.75. The number of rotatable bonds is 3. The third-order valence-electron chi connectivity index (χ3n) is 4.41. The highest BCUT2D eigenvalue weighted by atomic mass is 32.2. The van der Waals surface area contributed by atoms with Crippen LogP contribution in [0.5, 0.6) is 0 Å². The van der Waals surface area contributed by atoms with Crippen LogP contribution in [0.4, 0.5) is 0 Å². The first-order valence-corrected chi connectivity index (χ1v) is 8.78. The molecule has 2 aliphatic rings. The maximum atomic E-state index is 12.5. The van der Waals surface area contributed by atoms with Gasteiger partial charge in [-0.3, -0.25) is 0 Å². The van der Waals surface area contributed by atoms with Crippen LogP contribution < -0.4 is 10.0 Å². The fraction of sp³-hybridized carbons (Fsp3) is 0.600. The summed E-state index contributed by atoms with van der Waals surface area (Å²) in [6.07, 6.45) is 4.15. The molecular formula is C15H22N2O2S. The molecule has 0 amide bonds. The van der Waals surface area contributed by atoms with E-state index in [2.05, 4.69) is 10.0 Å². The number of sulfonamides is 1. The average Bonchev–Trinajstić information content (AvgIpc) is 2.67. The maximum absolute atomic E-state index is 12.5. The number of hydrogen-bond acceptors (Lipinski definition) is 3. The van der Waals surface area contributed by atoms with Gasteiger partial charge in [-0.1, -0.05) is 17.7 Å². The zero-order valence-corrected chi connectivity index (χ0v) is 12.8. The molecule has 0 aromatic heterocycles. The predicted octanol–water partition coefficient (Wildman–Crippen LogP) is 1.86. The van der Waals surface area contributed by atoms with Gasteiger partial charge in [0, 0.05) is 18.1 Å². The average molecular weight is 294 g/mol. The molecule has 2 heterocycles. The predicted molar refractivity (Wildman–Crippen MR) is 79.2 cm³/mol. The topological polar surface area (TPSA) is 58.2 Å². The molecule has 5 heteroatoms. The fourth-order valence-electron chi connectivity index (χ4n) is 3.54. The summed E-state index contributed by atoms with van der Waals surface area (Å²) in [5.74, 6) is 0. The third-order valence-corrected chi connectivity index (χ3v) is 6.10. The largest absolute Gasteiger partial charge is 0.311 e. The van der Waals surface area contributed by atoms with Gasteiger partial charge in [0.1, 0.15) is 0 Å². The van der Waals surface area contributed by atoms with Crippen molar-refractivity contribution in [2.75, 3.05) is 0 Å². The quantitative estimate of drug-likeness (QED) is 0.894. The van der Waals surface area contributed by atoms with Crippen LogP contribution >= 0.6 is 0 Å². The van der Waals surface area contributed by atoms with Crippen molar-refractivity contribution in [3.8, 4) is 0 Å². The second-order valence-corrected chi connectivity index (χ2v) is 7.88. The molecule has 110 valence electrons. The molecule has 1 aromatic rings. The van der Waals surface area contributed by atoms with E-state index in [-0.39, 0.29) is 6.04 Å². The molecule has 20 heavy (non-hydrogen) atoms. The molecule has 4 nitrogen and oxygen atoms in total. The van der Waals surface area contributed by atoms with Crippen LogP contribution in [0.2, 0.25) is 0 Å². The highest BCUT2D eigenvalue weighted by molar-refractivity contribution is 7.89. The molecule has 2 saturated heterocycles. The summed E-state index contributed by atoms with van der Waals surface area (Å²) in [4.78, 5) is 0.411. The Hall–Kier alpha value is -0.910. The van der Waals surface area contributed by atoms with Crippen molar-refractivity contribution in [3.63, 3.8) is 0 Å². The molecule has 0 radical (unpaired) electrons. The Morgan fingerprint density at radius 2 is 1.80 bits per heavy atom. The molecule has 0 spiro atoms. The van der Waals surface area contributed by atoms with Gasteiger partial charge in [-0.2, -0.15) is 0 Å². The van der Waals surface area contributed by atoms with Crippen LogP contribution in [0.1, 0.15) is 36.8 Å². The van der Waals surface area contributed by atoms with Crippen LogP contribution in [0, 0.1) is 13.8 Å². The van der Waals surface area contributed by atoms with Gasteiger partial charge in [0.25, 0.3) is 0 Å². The number of aryl methyl sites for hydroxylation is 2. The van der Waals surface area contributed by atoms with Gasteiger partial charge >= 0.3 is 0 Å². The van der Waals surface area contributed by atoms with Gasteiger partial charge in [0.05, 0.1) is 4.90 Å². The number of piperidine rings is 1. The van der Waals surface area contributed by atoms with Crippen LogP contribution in [0.25, 0.3) is 0 Å². The molecule has 2 fully saturated rings. The number of nitrogens with one attached hydrogen (secondary N) is 2. The lowest BCUT2D eigenvalue weighted by Gasteiger charge is -2.29. The molecule has 2 atom stereocenters. The molecule has 2 aliphatic heterocycles. The van der Waals surface area contributed by atoms with Gasteiger partial charge in [0.15, 0.2) is 0 Å². The Labute approximate surface area is 121 Å². The highest BCUT2D eigenvalue weighted by Crippen LogP contribution is 2.28. The Morgan fingerprint density at radius 3 is 2.40 bits per heavy atom. The minimum Gasteiger partial charge on any atom is -0.311 e. The Morgan fingerprint density at radius 1 is 1.15 bits per heavy atom. The van der Waals surface area contributed by atoms with Crippen molar-refractivity contribution < 1.29 is 8.42 Å². The Balaban J connectivity index is 1.78. The SMILES string of the molecule is Cc1ccc(S(=O)(=O)NC2CC3CCC(C2)N3)c(C)c1. The number of fused-ring (bicyclic) bond motifs is 2. The summed E-state index contributed by atoms with van der Waals surface area (Å²) in [5.41, 5.74) is 1.90. The van der Waals surface area contributed by atoms with Crippen molar-refractivity contribution in [1.29, 1.82) is 0 Å². The van der Waals surface area contributed by atoms with E-state index in [1.807, 2.05) is 26.0 Å². The van der Waals surface area contributed by atoms with Gasteiger partial charge in [-0.05, 0) is 51.2 Å². The van der Waals surface area contributed by atoms with Crippen LogP contribution in [-0.2, 0) is 10.0 Å². The number of hydrogen-bond donors (Lipinski definition) is 2. The van der Waals surface area contributed by atoms with E-state index in [0.717, 1.165) is 24.0 Å². The second kappa shape index (κ2) is 5.13. The lowest BCUT2D eigenvalue weighted by Crippen LogP contribution is -2.48. The molecule has 1 aromatic carbocycles. The van der Waals surface area contributed by atoms with E-state index in [0.29, 0.717) is 17.0 Å². The molecule has 3 rings (SSSR count). The van der Waals surface area contributed by atoms with Gasteiger partial charge < -0.3 is 5.32 Å². The smallest absolute Gasteiger partial charge is 0.241 e. The molecular weight excluding hydrogens is 272 g/mol. The normalized spacial score (nSPS) is 29.6. The van der Waals surface area contributed by atoms with Crippen molar-refractivity contribution in [1.82, 2.24) is 10.0 Å². The van der Waals surface area contributed by atoms with E-state index < -0.39 is 10.0 Å². The summed E-state index contributed by atoms with van der Waals surface area (Å²) < 4.78 is 28.0. The standard InChI is InChI=1S/C15H22N2O2S/c1-10-3-6-15(11(2)7-10)20(18,19)17-14-8-12-4-5-13(9-14)16-12/h3,6-7,12-14,16-17H,4-5,8-9H2,1-2H3. The second-order valence-electron chi connectivity index (χ2n) is 6.20. The first-order chi connectivity index (χ1) is 9.44. The Kier molecular flexibility index (Phi) is 3.60. The fourth-order valence-corrected chi connectivity index (χ4v) is 5.03. The highest BCUT2D eigenvalue weighted by Gasteiger charge is 2.35. The minimum atomic E-state index is -3.40. The molecule has 0 saturated carbocycles. The lowest BCUT2D eigenvalue weighted by atomic mass is 10.0.